The van der Waals surface area contributed by atoms with E-state index in [2.05, 4.69) is 0 Å². The summed E-state index contributed by atoms with van der Waals surface area (Å²) in [5.41, 5.74) is 5.53. The van der Waals surface area contributed by atoms with Gasteiger partial charge in [-0.3, -0.25) is 10.1 Å². The van der Waals surface area contributed by atoms with Gasteiger partial charge in [0.25, 0.3) is 5.69 Å². The Hall–Kier alpha value is -4.14. The molecular weight excluding hydrogens is 380 g/mol. The van der Waals surface area contributed by atoms with Gasteiger partial charge in [0.2, 0.25) is 5.88 Å². The zero-order valence-corrected chi connectivity index (χ0v) is 15.1. The lowest BCUT2D eigenvalue weighted by molar-refractivity contribution is -0.384. The third-order valence-electron chi connectivity index (χ3n) is 4.67. The first kappa shape index (κ1) is 18.2. The summed E-state index contributed by atoms with van der Waals surface area (Å²) in [7, 11) is 1.16. The van der Waals surface area contributed by atoms with Gasteiger partial charge in [0.15, 0.2) is 5.75 Å². The van der Waals surface area contributed by atoms with Crippen molar-refractivity contribution in [2.45, 2.75) is 5.92 Å². The molecule has 9 heteroatoms. The van der Waals surface area contributed by atoms with E-state index in [4.69, 9.17) is 19.6 Å². The third-order valence-corrected chi connectivity index (χ3v) is 4.67. The van der Waals surface area contributed by atoms with E-state index in [0.29, 0.717) is 10.9 Å². The molecule has 9 nitrogen and oxygen atoms in total. The van der Waals surface area contributed by atoms with Gasteiger partial charge >= 0.3 is 11.6 Å². The molecule has 1 aromatic heterocycles. The quantitative estimate of drug-likeness (QED) is 0.310. The minimum Gasteiger partial charge on any atom is -0.465 e. The molecule has 146 valence electrons. The first-order valence-corrected chi connectivity index (χ1v) is 8.48. The Kier molecular flexibility index (Phi) is 4.27. The molecule has 0 fully saturated rings. The van der Waals surface area contributed by atoms with Gasteiger partial charge in [0.1, 0.15) is 11.2 Å². The number of benzene rings is 2. The Labute approximate surface area is 163 Å². The highest BCUT2D eigenvalue weighted by Crippen LogP contribution is 2.44. The van der Waals surface area contributed by atoms with Crippen molar-refractivity contribution in [3.8, 4) is 5.75 Å². The van der Waals surface area contributed by atoms with Crippen molar-refractivity contribution in [2.24, 2.45) is 5.73 Å². The highest BCUT2D eigenvalue weighted by Gasteiger charge is 2.39. The number of nitrogens with two attached hydrogens (primary N) is 1. The first-order chi connectivity index (χ1) is 13.9. The summed E-state index contributed by atoms with van der Waals surface area (Å²) >= 11 is 0. The fourth-order valence-electron chi connectivity index (χ4n) is 3.43. The van der Waals surface area contributed by atoms with Crippen LogP contribution in [-0.2, 0) is 9.53 Å². The number of carbonyl (C=O) groups excluding carboxylic acids is 1. The number of rotatable bonds is 3. The molecule has 0 saturated carbocycles. The number of non-ortho nitro benzene ring substituents is 1. The number of methoxy groups -OCH3 is 1. The van der Waals surface area contributed by atoms with Gasteiger partial charge in [0, 0.05) is 12.1 Å². The molecule has 0 radical (unpaired) electrons. The number of para-hydroxylation sites is 1. The van der Waals surface area contributed by atoms with Crippen LogP contribution in [0.25, 0.3) is 11.0 Å². The lowest BCUT2D eigenvalue weighted by Gasteiger charge is -2.27. The van der Waals surface area contributed by atoms with E-state index >= 15 is 0 Å². The van der Waals surface area contributed by atoms with E-state index in [1.807, 2.05) is 0 Å². The Bertz CT molecular complexity index is 1260. The molecule has 1 aliphatic rings. The van der Waals surface area contributed by atoms with Crippen LogP contribution in [0, 0.1) is 10.1 Å². The smallest absolute Gasteiger partial charge is 0.344 e. The maximum Gasteiger partial charge on any atom is 0.344 e. The minimum atomic E-state index is -1.06. The highest BCUT2D eigenvalue weighted by molar-refractivity contribution is 5.94. The topological polar surface area (TPSA) is 135 Å². The number of nitro groups is 1. The molecule has 0 aliphatic carbocycles. The van der Waals surface area contributed by atoms with E-state index < -0.39 is 22.4 Å². The molecule has 2 heterocycles. The number of ether oxygens (including phenoxy) is 2. The standard InChI is InChI=1S/C20H14N2O7/c1-27-19(23)16-14(10-5-4-6-11(9-10)22(25)26)15-17(29-18(16)21)12-7-2-3-8-13(12)28-20(15)24/h2-9,14H,21H2,1H3/t14-/m0/s1. The van der Waals surface area contributed by atoms with E-state index in [9.17, 15) is 19.7 Å². The Morgan fingerprint density at radius 3 is 2.69 bits per heavy atom. The van der Waals surface area contributed by atoms with E-state index in [-0.39, 0.29) is 34.0 Å². The molecule has 2 aromatic carbocycles. The fourth-order valence-corrected chi connectivity index (χ4v) is 3.43. The number of hydrogen-bond acceptors (Lipinski definition) is 8. The molecule has 0 spiro atoms. The average molecular weight is 394 g/mol. The van der Waals surface area contributed by atoms with E-state index in [0.717, 1.165) is 7.11 Å². The largest absolute Gasteiger partial charge is 0.465 e. The second-order valence-corrected chi connectivity index (χ2v) is 6.29. The molecule has 0 saturated heterocycles. The molecule has 3 aromatic rings. The number of nitrogens with zero attached hydrogens (tertiary/aromatic N) is 1. The van der Waals surface area contributed by atoms with Crippen LogP contribution in [-0.4, -0.2) is 18.0 Å². The average Bonchev–Trinajstić information content (AvgIpc) is 2.72. The summed E-state index contributed by atoms with van der Waals surface area (Å²) in [6, 6.07) is 12.3. The summed E-state index contributed by atoms with van der Waals surface area (Å²) in [5.74, 6) is -2.00. The second kappa shape index (κ2) is 6.79. The van der Waals surface area contributed by atoms with E-state index in [1.54, 1.807) is 30.3 Å². The van der Waals surface area contributed by atoms with Crippen molar-refractivity contribution in [1.29, 1.82) is 0 Å². The Balaban J connectivity index is 2.07. The van der Waals surface area contributed by atoms with Crippen molar-refractivity contribution in [3.05, 3.63) is 91.6 Å². The lowest BCUT2D eigenvalue weighted by atomic mass is 9.83. The zero-order chi connectivity index (χ0) is 20.7. The molecular formula is C20H14N2O7. The number of nitro benzene ring substituents is 1. The van der Waals surface area contributed by atoms with Crippen molar-refractivity contribution in [2.75, 3.05) is 7.11 Å². The summed E-state index contributed by atoms with van der Waals surface area (Å²) in [4.78, 5) is 36.0. The van der Waals surface area contributed by atoms with Gasteiger partial charge in [-0.2, -0.15) is 0 Å². The predicted octanol–water partition coefficient (Wildman–Crippen LogP) is 2.57. The third kappa shape index (κ3) is 2.89. The van der Waals surface area contributed by atoms with Gasteiger partial charge in [0.05, 0.1) is 28.9 Å². The van der Waals surface area contributed by atoms with Crippen LogP contribution >= 0.6 is 0 Å². The molecule has 0 amide bonds. The maximum absolute atomic E-state index is 12.8. The number of hydrogen-bond donors (Lipinski definition) is 1. The van der Waals surface area contributed by atoms with Crippen LogP contribution in [0.1, 0.15) is 17.0 Å². The van der Waals surface area contributed by atoms with Gasteiger partial charge in [-0.25, -0.2) is 9.59 Å². The fraction of sp³-hybridized carbons (Fsp3) is 0.100. The second-order valence-electron chi connectivity index (χ2n) is 6.29. The van der Waals surface area contributed by atoms with Crippen LogP contribution in [0.15, 0.2) is 69.2 Å². The number of carbonyl (C=O) groups is 1. The van der Waals surface area contributed by atoms with Crippen LogP contribution in [0.5, 0.6) is 5.75 Å². The zero-order valence-electron chi connectivity index (χ0n) is 15.1. The highest BCUT2D eigenvalue weighted by atomic mass is 16.6. The Morgan fingerprint density at radius 1 is 1.21 bits per heavy atom. The first-order valence-electron chi connectivity index (χ1n) is 8.48. The van der Waals surface area contributed by atoms with Gasteiger partial charge in [-0.05, 0) is 17.7 Å². The molecule has 4 rings (SSSR count). The van der Waals surface area contributed by atoms with Crippen LogP contribution in [0.3, 0.4) is 0 Å². The van der Waals surface area contributed by atoms with Crippen molar-refractivity contribution >= 4 is 22.6 Å². The summed E-state index contributed by atoms with van der Waals surface area (Å²) < 4.78 is 15.9. The summed E-state index contributed by atoms with van der Waals surface area (Å²) in [6.45, 7) is 0. The SMILES string of the molecule is COC(=O)C1=C(N)Oc2c(c(=O)oc3ccccc23)[C@@H]1c1cccc([N+](=O)[O-])c1. The number of esters is 1. The van der Waals surface area contributed by atoms with Crippen LogP contribution < -0.4 is 16.1 Å². The monoisotopic (exact) mass is 394 g/mol. The van der Waals surface area contributed by atoms with Gasteiger partial charge < -0.3 is 19.6 Å². The van der Waals surface area contributed by atoms with Crippen LogP contribution in [0.2, 0.25) is 0 Å². The summed E-state index contributed by atoms with van der Waals surface area (Å²) in [6.07, 6.45) is 0. The van der Waals surface area contributed by atoms with Crippen molar-refractivity contribution in [1.82, 2.24) is 0 Å². The van der Waals surface area contributed by atoms with Gasteiger partial charge in [-0.1, -0.05) is 24.3 Å². The minimum absolute atomic E-state index is 0.0128. The predicted molar refractivity (Wildman–Crippen MR) is 101 cm³/mol. The Morgan fingerprint density at radius 2 is 1.97 bits per heavy atom. The summed E-state index contributed by atoms with van der Waals surface area (Å²) in [5, 5.41) is 11.7. The van der Waals surface area contributed by atoms with Gasteiger partial charge in [-0.15, -0.1) is 0 Å². The molecule has 0 bridgehead atoms. The number of fused-ring (bicyclic) bond motifs is 3. The molecule has 29 heavy (non-hydrogen) atoms. The lowest BCUT2D eigenvalue weighted by Crippen LogP contribution is -2.30. The van der Waals surface area contributed by atoms with Crippen molar-refractivity contribution in [3.63, 3.8) is 0 Å². The molecule has 2 N–H and O–H groups in total. The van der Waals surface area contributed by atoms with E-state index in [1.165, 1.54) is 18.2 Å². The molecule has 1 aliphatic heterocycles. The van der Waals surface area contributed by atoms with Crippen molar-refractivity contribution < 1.29 is 23.6 Å². The maximum atomic E-state index is 12.8. The van der Waals surface area contributed by atoms with Crippen LogP contribution in [0.4, 0.5) is 5.69 Å². The molecule has 0 unspecified atom stereocenters. The molecule has 1 atom stereocenters. The normalized spacial score (nSPS) is 15.6.